The van der Waals surface area contributed by atoms with E-state index in [2.05, 4.69) is 5.32 Å². The van der Waals surface area contributed by atoms with Crippen LogP contribution in [0.5, 0.6) is 0 Å². The van der Waals surface area contributed by atoms with Crippen molar-refractivity contribution in [3.05, 3.63) is 0 Å². The van der Waals surface area contributed by atoms with Crippen LogP contribution in [-0.2, 0) is 9.59 Å². The molecule has 0 radical (unpaired) electrons. The number of amides is 1. The van der Waals surface area contributed by atoms with Gasteiger partial charge in [0.05, 0.1) is 5.60 Å². The molecular weight excluding hydrogens is 350 g/mol. The second kappa shape index (κ2) is 8.77. The molecule has 0 aromatic carbocycles. The molecule has 2 heterocycles. The van der Waals surface area contributed by atoms with Crippen molar-refractivity contribution in [3.8, 4) is 0 Å². The second-order valence-electron chi connectivity index (χ2n) is 6.15. The van der Waals surface area contributed by atoms with Crippen LogP contribution in [0.1, 0.15) is 19.3 Å². The molecule has 0 aliphatic carbocycles. The Morgan fingerprint density at radius 2 is 1.76 bits per heavy atom. The molecule has 1 atom stereocenters. The Morgan fingerprint density at radius 3 is 2.08 bits per heavy atom. The lowest BCUT2D eigenvalue weighted by molar-refractivity contribution is -0.192. The largest absolute Gasteiger partial charge is 0.490 e. The molecule has 0 saturated carbocycles. The van der Waals surface area contributed by atoms with Crippen molar-refractivity contribution in [1.82, 2.24) is 10.2 Å². The van der Waals surface area contributed by atoms with Gasteiger partial charge in [0.2, 0.25) is 0 Å². The van der Waals surface area contributed by atoms with E-state index in [0.717, 1.165) is 12.8 Å². The van der Waals surface area contributed by atoms with Gasteiger partial charge in [0.25, 0.3) is 5.91 Å². The molecule has 0 bridgehead atoms. The first-order valence-corrected chi connectivity index (χ1v) is 7.87. The van der Waals surface area contributed by atoms with E-state index < -0.39 is 29.8 Å². The number of aliphatic hydroxyl groups is 1. The molecule has 2 fully saturated rings. The molecule has 0 aromatic rings. The van der Waals surface area contributed by atoms with Crippen LogP contribution in [0.15, 0.2) is 0 Å². The summed E-state index contributed by atoms with van der Waals surface area (Å²) in [6.45, 7) is 2.53. The fourth-order valence-electron chi connectivity index (χ4n) is 2.77. The van der Waals surface area contributed by atoms with Crippen molar-refractivity contribution >= 4 is 11.9 Å². The van der Waals surface area contributed by atoms with E-state index in [1.54, 1.807) is 4.90 Å². The number of carbonyl (C=O) groups is 2. The number of rotatable bonds is 4. The van der Waals surface area contributed by atoms with Gasteiger partial charge in [-0.3, -0.25) is 4.79 Å². The van der Waals surface area contributed by atoms with E-state index in [4.69, 9.17) is 15.6 Å². The maximum Gasteiger partial charge on any atom is 0.490 e. The lowest BCUT2D eigenvalue weighted by Gasteiger charge is -2.47. The van der Waals surface area contributed by atoms with E-state index >= 15 is 0 Å². The van der Waals surface area contributed by atoms with Gasteiger partial charge in [0.15, 0.2) is 6.17 Å². The number of alkyl halides is 4. The lowest BCUT2D eigenvalue weighted by Crippen LogP contribution is -2.65. The van der Waals surface area contributed by atoms with Gasteiger partial charge in [0, 0.05) is 26.2 Å². The van der Waals surface area contributed by atoms with Crippen molar-refractivity contribution < 1.29 is 37.4 Å². The number of β-amino-alcohol motifs (C(OH)–C–C–N with tert-alkyl or cyclic N) is 1. The Kier molecular flexibility index (Phi) is 7.57. The van der Waals surface area contributed by atoms with E-state index in [0.29, 0.717) is 26.2 Å². The molecule has 11 heteroatoms. The van der Waals surface area contributed by atoms with E-state index in [-0.39, 0.29) is 18.9 Å². The molecule has 2 saturated heterocycles. The quantitative estimate of drug-likeness (QED) is 0.511. The Balaban J connectivity index is 0.000000381. The second-order valence-corrected chi connectivity index (χ2v) is 6.15. The fourth-order valence-corrected chi connectivity index (χ4v) is 2.77. The first-order chi connectivity index (χ1) is 11.5. The number of nitrogens with zero attached hydrogens (tertiary/aromatic N) is 1. The lowest BCUT2D eigenvalue weighted by atomic mass is 9.76. The number of halogens is 4. The van der Waals surface area contributed by atoms with Gasteiger partial charge >= 0.3 is 12.1 Å². The summed E-state index contributed by atoms with van der Waals surface area (Å²) in [5.74, 6) is -2.99. The number of carbonyl (C=O) groups excluding carboxylic acids is 1. The van der Waals surface area contributed by atoms with Crippen LogP contribution in [0.2, 0.25) is 0 Å². The summed E-state index contributed by atoms with van der Waals surface area (Å²) in [5.41, 5.74) is 4.64. The number of aliphatic carboxylic acids is 1. The number of hydrogen-bond acceptors (Lipinski definition) is 5. The molecule has 2 rings (SSSR count). The molecule has 5 N–H and O–H groups in total. The first-order valence-electron chi connectivity index (χ1n) is 7.87. The van der Waals surface area contributed by atoms with Crippen LogP contribution in [0.25, 0.3) is 0 Å². The third-order valence-corrected chi connectivity index (χ3v) is 4.36. The Hall–Kier alpha value is -1.46. The number of carboxylic acid groups (broad SMARTS) is 1. The molecule has 1 amide bonds. The highest BCUT2D eigenvalue weighted by molar-refractivity contribution is 5.80. The van der Waals surface area contributed by atoms with Crippen LogP contribution in [-0.4, -0.2) is 77.7 Å². The minimum absolute atomic E-state index is 0.0899. The molecule has 0 aromatic heterocycles. The highest BCUT2D eigenvalue weighted by Gasteiger charge is 2.44. The summed E-state index contributed by atoms with van der Waals surface area (Å²) in [6.07, 6.45) is -4.97. The zero-order chi connectivity index (χ0) is 19.3. The molecule has 7 nitrogen and oxygen atoms in total. The van der Waals surface area contributed by atoms with Crippen LogP contribution in [0.4, 0.5) is 17.6 Å². The number of carboxylic acids is 1. The predicted molar refractivity (Wildman–Crippen MR) is 79.4 cm³/mol. The first kappa shape index (κ1) is 21.6. The monoisotopic (exact) mass is 373 g/mol. The van der Waals surface area contributed by atoms with Gasteiger partial charge in [-0.15, -0.1) is 0 Å². The highest BCUT2D eigenvalue weighted by atomic mass is 19.4. The fraction of sp³-hybridized carbons (Fsp3) is 0.857. The van der Waals surface area contributed by atoms with Crippen molar-refractivity contribution in [3.63, 3.8) is 0 Å². The van der Waals surface area contributed by atoms with Crippen molar-refractivity contribution in [1.29, 1.82) is 0 Å². The maximum absolute atomic E-state index is 13.5. The van der Waals surface area contributed by atoms with E-state index in [1.807, 2.05) is 0 Å². The van der Waals surface area contributed by atoms with Gasteiger partial charge in [-0.1, -0.05) is 0 Å². The predicted octanol–water partition coefficient (Wildman–Crippen LogP) is -0.120. The van der Waals surface area contributed by atoms with E-state index in [9.17, 15) is 27.5 Å². The van der Waals surface area contributed by atoms with E-state index in [1.165, 1.54) is 0 Å². The van der Waals surface area contributed by atoms with Crippen LogP contribution in [0.3, 0.4) is 0 Å². The summed E-state index contributed by atoms with van der Waals surface area (Å²) >= 11 is 0. The van der Waals surface area contributed by atoms with Crippen LogP contribution in [0, 0.1) is 5.92 Å². The Morgan fingerprint density at radius 1 is 1.28 bits per heavy atom. The Bertz CT molecular complexity index is 463. The third kappa shape index (κ3) is 6.08. The normalized spacial score (nSPS) is 21.6. The Labute approximate surface area is 142 Å². The minimum Gasteiger partial charge on any atom is -0.475 e. The molecule has 25 heavy (non-hydrogen) atoms. The minimum atomic E-state index is -5.08. The summed E-state index contributed by atoms with van der Waals surface area (Å²) in [7, 11) is 0. The van der Waals surface area contributed by atoms with Crippen molar-refractivity contribution in [2.75, 3.05) is 32.7 Å². The van der Waals surface area contributed by atoms with Gasteiger partial charge in [0.1, 0.15) is 0 Å². The third-order valence-electron chi connectivity index (χ3n) is 4.36. The SMILES string of the molecule is NCCC(F)C(=O)N1CCC(C2(O)CNC2)CC1.O=C(O)C(F)(F)F. The van der Waals surface area contributed by atoms with Gasteiger partial charge < -0.3 is 26.2 Å². The number of hydrogen-bond donors (Lipinski definition) is 4. The molecule has 2 aliphatic rings. The molecule has 2 aliphatic heterocycles. The van der Waals surface area contributed by atoms with Gasteiger partial charge in [-0.05, 0) is 31.7 Å². The summed E-state index contributed by atoms with van der Waals surface area (Å²) in [4.78, 5) is 22.2. The summed E-state index contributed by atoms with van der Waals surface area (Å²) in [6, 6.07) is 0. The number of likely N-dealkylation sites (tertiary alicyclic amines) is 1. The average molecular weight is 373 g/mol. The van der Waals surface area contributed by atoms with Gasteiger partial charge in [-0.25, -0.2) is 9.18 Å². The summed E-state index contributed by atoms with van der Waals surface area (Å²) in [5, 5.41) is 20.4. The smallest absolute Gasteiger partial charge is 0.475 e. The summed E-state index contributed by atoms with van der Waals surface area (Å²) < 4.78 is 45.2. The zero-order valence-corrected chi connectivity index (χ0v) is 13.6. The standard InChI is InChI=1S/C12H22FN3O2.C2HF3O2/c13-10(1-4-14)11(17)16-5-2-9(3-6-16)12(18)7-15-8-12;3-2(4,5)1(6)7/h9-10,15,18H,1-8,14H2;(H,6,7). The van der Waals surface area contributed by atoms with Gasteiger partial charge in [-0.2, -0.15) is 13.2 Å². The number of nitrogens with two attached hydrogens (primary N) is 1. The van der Waals surface area contributed by atoms with Crippen LogP contribution >= 0.6 is 0 Å². The molecule has 0 spiro atoms. The molecular formula is C14H23F4N3O4. The average Bonchev–Trinajstić information content (AvgIpc) is 2.52. The number of piperidine rings is 1. The zero-order valence-electron chi connectivity index (χ0n) is 13.6. The van der Waals surface area contributed by atoms with Crippen molar-refractivity contribution in [2.24, 2.45) is 11.7 Å². The molecule has 146 valence electrons. The maximum atomic E-state index is 13.5. The topological polar surface area (TPSA) is 116 Å². The number of nitrogens with one attached hydrogen (secondary N) is 1. The molecule has 1 unspecified atom stereocenters. The van der Waals surface area contributed by atoms with Crippen LogP contribution < -0.4 is 11.1 Å². The highest BCUT2D eigenvalue weighted by Crippen LogP contribution is 2.31. The van der Waals surface area contributed by atoms with Crippen molar-refractivity contribution in [2.45, 2.75) is 37.2 Å².